The van der Waals surface area contributed by atoms with Crippen molar-refractivity contribution in [3.63, 3.8) is 0 Å². The van der Waals surface area contributed by atoms with Gasteiger partial charge in [0.15, 0.2) is 0 Å². The van der Waals surface area contributed by atoms with Crippen LogP contribution in [0.1, 0.15) is 11.1 Å². The summed E-state index contributed by atoms with van der Waals surface area (Å²) in [6.45, 7) is 4.85. The molecule has 0 radical (unpaired) electrons. The molecule has 8 nitrogen and oxygen atoms in total. The topological polar surface area (TPSA) is 104 Å². The molecule has 1 aromatic heterocycles. The SMILES string of the molecule is Cc1cccc(S(=O)(=O)NC(Cc2c[nH]c3ccccc23)C(=O)Nc2ccc(N3CCOCC3)cc2)c1. The van der Waals surface area contributed by atoms with Crippen LogP contribution in [0.3, 0.4) is 0 Å². The average Bonchev–Trinajstić information content (AvgIpc) is 3.32. The van der Waals surface area contributed by atoms with Crippen LogP contribution in [0.4, 0.5) is 11.4 Å². The molecule has 3 aromatic carbocycles. The molecule has 5 rings (SSSR count). The van der Waals surface area contributed by atoms with Gasteiger partial charge < -0.3 is 19.9 Å². The number of carbonyl (C=O) groups is 1. The minimum atomic E-state index is -3.94. The fraction of sp³-hybridized carbons (Fsp3) is 0.250. The molecule has 0 spiro atoms. The van der Waals surface area contributed by atoms with E-state index in [0.717, 1.165) is 40.8 Å². The molecule has 1 fully saturated rings. The Hall–Kier alpha value is -3.66. The van der Waals surface area contributed by atoms with E-state index in [2.05, 4.69) is 19.9 Å². The third-order valence-corrected chi connectivity index (χ3v) is 7.99. The van der Waals surface area contributed by atoms with E-state index in [1.54, 1.807) is 12.1 Å². The molecule has 3 N–H and O–H groups in total. The van der Waals surface area contributed by atoms with Crippen LogP contribution < -0.4 is 14.9 Å². The van der Waals surface area contributed by atoms with Crippen LogP contribution in [0.25, 0.3) is 10.9 Å². The van der Waals surface area contributed by atoms with Crippen molar-refractivity contribution in [3.05, 3.63) is 90.1 Å². The quantitative estimate of drug-likeness (QED) is 0.329. The van der Waals surface area contributed by atoms with Crippen LogP contribution in [0.15, 0.2) is 83.9 Å². The van der Waals surface area contributed by atoms with Gasteiger partial charge in [0, 0.05) is 41.6 Å². The summed E-state index contributed by atoms with van der Waals surface area (Å²) in [5, 5.41) is 3.85. The smallest absolute Gasteiger partial charge is 0.242 e. The molecule has 1 amide bonds. The highest BCUT2D eigenvalue weighted by atomic mass is 32.2. The predicted molar refractivity (Wildman–Crippen MR) is 145 cm³/mol. The van der Waals surface area contributed by atoms with Gasteiger partial charge in [-0.2, -0.15) is 4.72 Å². The summed E-state index contributed by atoms with van der Waals surface area (Å²) in [7, 11) is -3.94. The third-order valence-electron chi connectivity index (χ3n) is 6.52. The maximum atomic E-state index is 13.5. The summed E-state index contributed by atoms with van der Waals surface area (Å²) in [6.07, 6.45) is 2.01. The van der Waals surface area contributed by atoms with Crippen LogP contribution in [0.5, 0.6) is 0 Å². The van der Waals surface area contributed by atoms with Crippen LogP contribution in [0, 0.1) is 6.92 Å². The van der Waals surface area contributed by atoms with Gasteiger partial charge in [0.25, 0.3) is 0 Å². The molecule has 0 aliphatic carbocycles. The third kappa shape index (κ3) is 5.85. The van der Waals surface area contributed by atoms with Gasteiger partial charge in [-0.25, -0.2) is 8.42 Å². The largest absolute Gasteiger partial charge is 0.378 e. The highest BCUT2D eigenvalue weighted by molar-refractivity contribution is 7.89. The van der Waals surface area contributed by atoms with Crippen molar-refractivity contribution in [3.8, 4) is 0 Å². The summed E-state index contributed by atoms with van der Waals surface area (Å²) in [4.78, 5) is 19.0. The number of hydrogen-bond donors (Lipinski definition) is 3. The van der Waals surface area contributed by atoms with Gasteiger partial charge >= 0.3 is 0 Å². The van der Waals surface area contributed by atoms with Crippen molar-refractivity contribution < 1.29 is 17.9 Å². The molecule has 4 aromatic rings. The van der Waals surface area contributed by atoms with Crippen LogP contribution in [0.2, 0.25) is 0 Å². The molecule has 1 aliphatic rings. The van der Waals surface area contributed by atoms with E-state index in [0.29, 0.717) is 18.9 Å². The Kier molecular flexibility index (Phi) is 7.27. The number of amides is 1. The van der Waals surface area contributed by atoms with Gasteiger partial charge in [-0.05, 0) is 66.9 Å². The van der Waals surface area contributed by atoms with Gasteiger partial charge in [-0.15, -0.1) is 0 Å². The molecule has 0 bridgehead atoms. The maximum absolute atomic E-state index is 13.5. The number of aryl methyl sites for hydroxylation is 1. The second-order valence-electron chi connectivity index (χ2n) is 9.19. The van der Waals surface area contributed by atoms with E-state index in [-0.39, 0.29) is 11.3 Å². The molecule has 1 atom stereocenters. The number of fused-ring (bicyclic) bond motifs is 1. The first kappa shape index (κ1) is 25.0. The van der Waals surface area contributed by atoms with E-state index >= 15 is 0 Å². The molecule has 0 saturated carbocycles. The number of H-pyrrole nitrogens is 1. The van der Waals surface area contributed by atoms with Crippen molar-refractivity contribution in [1.29, 1.82) is 0 Å². The van der Waals surface area contributed by atoms with Crippen molar-refractivity contribution in [2.45, 2.75) is 24.3 Å². The normalized spacial score (nSPS) is 15.0. The number of para-hydroxylation sites is 1. The molecule has 1 aliphatic heterocycles. The molecule has 1 unspecified atom stereocenters. The van der Waals surface area contributed by atoms with Gasteiger partial charge in [-0.3, -0.25) is 4.79 Å². The zero-order chi connectivity index (χ0) is 25.8. The van der Waals surface area contributed by atoms with Crippen molar-refractivity contribution >= 4 is 38.2 Å². The van der Waals surface area contributed by atoms with E-state index < -0.39 is 22.0 Å². The monoisotopic (exact) mass is 518 g/mol. The van der Waals surface area contributed by atoms with Gasteiger partial charge in [0.1, 0.15) is 6.04 Å². The predicted octanol–water partition coefficient (Wildman–Crippen LogP) is 3.84. The Morgan fingerprint density at radius 1 is 1.03 bits per heavy atom. The summed E-state index contributed by atoms with van der Waals surface area (Å²) in [6, 6.07) is 20.9. The Morgan fingerprint density at radius 3 is 2.54 bits per heavy atom. The fourth-order valence-corrected chi connectivity index (χ4v) is 5.85. The lowest BCUT2D eigenvalue weighted by molar-refractivity contribution is -0.117. The van der Waals surface area contributed by atoms with Crippen molar-refractivity contribution in [1.82, 2.24) is 9.71 Å². The summed E-state index contributed by atoms with van der Waals surface area (Å²) in [5.74, 6) is -0.430. The minimum absolute atomic E-state index is 0.124. The highest BCUT2D eigenvalue weighted by Gasteiger charge is 2.27. The summed E-state index contributed by atoms with van der Waals surface area (Å²) in [5.41, 5.74) is 4.25. The number of nitrogens with zero attached hydrogens (tertiary/aromatic N) is 1. The number of aromatic nitrogens is 1. The van der Waals surface area contributed by atoms with Crippen LogP contribution in [-0.2, 0) is 26.0 Å². The molecular formula is C28H30N4O4S. The first-order valence-corrected chi connectivity index (χ1v) is 13.7. The maximum Gasteiger partial charge on any atom is 0.242 e. The zero-order valence-corrected chi connectivity index (χ0v) is 21.4. The number of anilines is 2. The van der Waals surface area contributed by atoms with Crippen molar-refractivity contribution in [2.75, 3.05) is 36.5 Å². The number of benzene rings is 3. The second kappa shape index (κ2) is 10.8. The number of morpholine rings is 1. The number of rotatable bonds is 8. The molecule has 1 saturated heterocycles. The Labute approximate surface area is 216 Å². The standard InChI is InChI=1S/C28H30N4O4S/c1-20-5-4-6-24(17-20)37(34,35)31-27(18-21-19-29-26-8-3-2-7-25(21)26)28(33)30-22-9-11-23(12-10-22)32-13-15-36-16-14-32/h2-12,17,19,27,29,31H,13-16,18H2,1H3,(H,30,33). The molecule has 37 heavy (non-hydrogen) atoms. The number of hydrogen-bond acceptors (Lipinski definition) is 5. The van der Waals surface area contributed by atoms with Gasteiger partial charge in [0.2, 0.25) is 15.9 Å². The van der Waals surface area contributed by atoms with Crippen molar-refractivity contribution in [2.24, 2.45) is 0 Å². The number of ether oxygens (including phenoxy) is 1. The molecule has 2 heterocycles. The Balaban J connectivity index is 1.38. The van der Waals surface area contributed by atoms with Crippen LogP contribution >= 0.6 is 0 Å². The van der Waals surface area contributed by atoms with E-state index in [4.69, 9.17) is 4.74 Å². The lowest BCUT2D eigenvalue weighted by Crippen LogP contribution is -2.45. The molecule has 9 heteroatoms. The number of nitrogens with one attached hydrogen (secondary N) is 3. The number of carbonyl (C=O) groups excluding carboxylic acids is 1. The first-order chi connectivity index (χ1) is 17.9. The lowest BCUT2D eigenvalue weighted by Gasteiger charge is -2.29. The molecular weight excluding hydrogens is 488 g/mol. The van der Waals surface area contributed by atoms with Crippen LogP contribution in [-0.4, -0.2) is 51.7 Å². The Bertz CT molecular complexity index is 1490. The minimum Gasteiger partial charge on any atom is -0.378 e. The summed E-state index contributed by atoms with van der Waals surface area (Å²) < 4.78 is 34.6. The van der Waals surface area contributed by atoms with Gasteiger partial charge in [0.05, 0.1) is 18.1 Å². The number of sulfonamides is 1. The van der Waals surface area contributed by atoms with E-state index in [1.165, 1.54) is 6.07 Å². The first-order valence-electron chi connectivity index (χ1n) is 12.3. The van der Waals surface area contributed by atoms with Gasteiger partial charge in [-0.1, -0.05) is 30.3 Å². The highest BCUT2D eigenvalue weighted by Crippen LogP contribution is 2.22. The van der Waals surface area contributed by atoms with E-state index in [1.807, 2.05) is 67.7 Å². The summed E-state index contributed by atoms with van der Waals surface area (Å²) >= 11 is 0. The second-order valence-corrected chi connectivity index (χ2v) is 10.9. The average molecular weight is 519 g/mol. The van der Waals surface area contributed by atoms with E-state index in [9.17, 15) is 13.2 Å². The number of aromatic amines is 1. The zero-order valence-electron chi connectivity index (χ0n) is 20.6. The lowest BCUT2D eigenvalue weighted by atomic mass is 10.0. The fourth-order valence-electron chi connectivity index (χ4n) is 4.55. The molecule has 192 valence electrons. The Morgan fingerprint density at radius 2 is 1.78 bits per heavy atom.